The Hall–Kier alpha value is -4.35. The maximum atomic E-state index is 15.2. The van der Waals surface area contributed by atoms with Crippen molar-refractivity contribution in [1.29, 1.82) is 0 Å². The van der Waals surface area contributed by atoms with Crippen molar-refractivity contribution in [2.75, 3.05) is 12.8 Å². The Kier molecular flexibility index (Phi) is 11.0. The van der Waals surface area contributed by atoms with Gasteiger partial charge in [-0.05, 0) is 0 Å². The third-order valence-corrected chi connectivity index (χ3v) is 22.9. The second-order valence-corrected chi connectivity index (χ2v) is 24.4. The molecule has 392 valence electrons. The van der Waals surface area contributed by atoms with Gasteiger partial charge in [-0.2, -0.15) is 0 Å². The Balaban J connectivity index is 1.36. The van der Waals surface area contributed by atoms with E-state index < -0.39 is 156 Å². The normalized spacial score (nSPS) is 23.5. The van der Waals surface area contributed by atoms with E-state index in [2.05, 4.69) is 0 Å². The average Bonchev–Trinajstić information content (AvgIpc) is 3.88. The average molecular weight is 1100 g/mol. The molecule has 71 heavy (non-hydrogen) atoms. The number of halogens is 24. The van der Waals surface area contributed by atoms with Crippen LogP contribution in [-0.2, 0) is 44.7 Å². The second-order valence-electron chi connectivity index (χ2n) is 16.6. The van der Waals surface area contributed by atoms with Crippen molar-refractivity contribution in [3.63, 3.8) is 0 Å². The summed E-state index contributed by atoms with van der Waals surface area (Å²) in [6.07, 6.45) is -60.1. The molecule has 0 aromatic heterocycles. The summed E-state index contributed by atoms with van der Waals surface area (Å²) in [5.74, 6) is 0. The molecule has 0 N–H and O–H groups in total. The van der Waals surface area contributed by atoms with Crippen LogP contribution < -0.4 is 21.0 Å². The predicted octanol–water partition coefficient (Wildman–Crippen LogP) is 11.9. The van der Waals surface area contributed by atoms with Crippen LogP contribution in [0.1, 0.15) is 35.1 Å². The maximum absolute atomic E-state index is 15.2. The molecule has 31 heteroatoms. The number of hydrogen-bond acceptors (Lipinski definition) is 5. The standard InChI is InChI=1S/C40H24F24O5PSi/c41-33(42,43)29(34(44,45)46)21-11-1-5-15-25(21)70(66-29,26-16-6-2-12-22(26)30(67-70,35(47,48)49)36(50,51)52)20-10-9-19-65-71(27-17-7-3-13-23(27)31(68-71,37(53,54)55)38(56,57)58)28-18-8-4-14-24(28)32(69-71,39(59,60)61)40(62,63)64/h1-8,11-18H,9-10,19-20H2/q-1. The number of hydrogen-bond donors (Lipinski definition) is 0. The zero-order valence-electron chi connectivity index (χ0n) is 34.1. The summed E-state index contributed by atoms with van der Waals surface area (Å²) in [4.78, 5) is 0. The molecule has 2 spiro atoms. The Bertz CT molecular complexity index is 2360. The van der Waals surface area contributed by atoms with Crippen molar-refractivity contribution in [2.45, 2.75) is 84.7 Å². The molecule has 4 aromatic rings. The summed E-state index contributed by atoms with van der Waals surface area (Å²) in [7, 11) is -16.0. The number of rotatable bonds is 6. The molecule has 0 unspecified atom stereocenters. The molecule has 4 aliphatic heterocycles. The number of unbranched alkanes of at least 4 members (excludes halogenated alkanes) is 1. The third kappa shape index (κ3) is 6.17. The van der Waals surface area contributed by atoms with E-state index in [0.717, 1.165) is 0 Å². The van der Waals surface area contributed by atoms with Crippen LogP contribution in [0, 0.1) is 0 Å². The third-order valence-electron chi connectivity index (χ3n) is 12.9. The van der Waals surface area contributed by atoms with E-state index in [0.29, 0.717) is 48.5 Å². The fraction of sp³-hybridized carbons (Fsp3) is 0.400. The van der Waals surface area contributed by atoms with Crippen LogP contribution in [0.4, 0.5) is 105 Å². The van der Waals surface area contributed by atoms with Gasteiger partial charge in [0.2, 0.25) is 0 Å². The predicted molar refractivity (Wildman–Crippen MR) is 197 cm³/mol. The summed E-state index contributed by atoms with van der Waals surface area (Å²) >= 11 is 0. The van der Waals surface area contributed by atoms with Crippen LogP contribution in [0.2, 0.25) is 0 Å². The molecule has 0 atom stereocenters. The van der Waals surface area contributed by atoms with Crippen LogP contribution in [-0.4, -0.2) is 70.3 Å². The first-order valence-electron chi connectivity index (χ1n) is 19.7. The van der Waals surface area contributed by atoms with Crippen molar-refractivity contribution in [3.8, 4) is 0 Å². The van der Waals surface area contributed by atoms with Gasteiger partial charge in [0.05, 0.1) is 0 Å². The summed E-state index contributed by atoms with van der Waals surface area (Å²) in [5.41, 5.74) is -32.3. The molecule has 4 aromatic carbocycles. The van der Waals surface area contributed by atoms with E-state index in [1.807, 2.05) is 0 Å². The molecule has 0 fully saturated rings. The number of fused-ring (bicyclic) bond motifs is 8. The molecule has 0 amide bonds. The molecule has 0 radical (unpaired) electrons. The van der Waals surface area contributed by atoms with Gasteiger partial charge in [0, 0.05) is 0 Å². The van der Waals surface area contributed by atoms with Gasteiger partial charge in [0.25, 0.3) is 0 Å². The van der Waals surface area contributed by atoms with E-state index in [-0.39, 0.29) is 48.5 Å². The van der Waals surface area contributed by atoms with E-state index in [1.165, 1.54) is 0 Å². The Labute approximate surface area is 380 Å². The van der Waals surface area contributed by atoms with Crippen molar-refractivity contribution in [2.24, 2.45) is 0 Å². The van der Waals surface area contributed by atoms with Gasteiger partial charge in [-0.3, -0.25) is 0 Å². The van der Waals surface area contributed by atoms with Crippen molar-refractivity contribution < 1.29 is 128 Å². The zero-order valence-corrected chi connectivity index (χ0v) is 36.0. The first-order chi connectivity index (χ1) is 32.1. The SMILES string of the molecule is FC(F)(F)C1(C(F)(F)F)O[Si-]2(OCCCCP34(OC(C(F)(F)F)(C(F)(F)F)c5ccccc53)OC(C(F)(F)F)(C(F)(F)F)c3ccccc34)(OC(C(F)(F)F)(C(F)(F)F)c3ccccc32)c2ccccc21. The van der Waals surface area contributed by atoms with Crippen molar-refractivity contribution >= 4 is 36.1 Å². The molecule has 4 aliphatic rings. The topological polar surface area (TPSA) is 46.2 Å². The minimum atomic E-state index is -8.44. The summed E-state index contributed by atoms with van der Waals surface area (Å²) in [6.45, 7) is -1.93. The molecular formula is C40H24F24O5PSi-. The quantitative estimate of drug-likeness (QED) is 0.0833. The molecule has 0 saturated heterocycles. The van der Waals surface area contributed by atoms with Crippen molar-refractivity contribution in [1.82, 2.24) is 0 Å². The summed E-state index contributed by atoms with van der Waals surface area (Å²) < 4.78 is 390. The van der Waals surface area contributed by atoms with Crippen LogP contribution in [0.5, 0.6) is 0 Å². The van der Waals surface area contributed by atoms with Gasteiger partial charge >= 0.3 is 381 Å². The summed E-state index contributed by atoms with van der Waals surface area (Å²) in [6, 6.07) is 4.50. The molecular weight excluding hydrogens is 1080 g/mol. The van der Waals surface area contributed by atoms with Gasteiger partial charge in [0.1, 0.15) is 0 Å². The van der Waals surface area contributed by atoms with E-state index in [4.69, 9.17) is 22.3 Å². The van der Waals surface area contributed by atoms with Gasteiger partial charge in [-0.15, -0.1) is 0 Å². The minimum absolute atomic E-state index is 0.00604. The fourth-order valence-corrected chi connectivity index (χ4v) is 22.2. The van der Waals surface area contributed by atoms with Gasteiger partial charge in [-0.1, -0.05) is 0 Å². The Morgan fingerprint density at radius 1 is 0.366 bits per heavy atom. The van der Waals surface area contributed by atoms with Gasteiger partial charge in [-0.25, -0.2) is 0 Å². The van der Waals surface area contributed by atoms with Crippen LogP contribution in [0.3, 0.4) is 0 Å². The van der Waals surface area contributed by atoms with Gasteiger partial charge < -0.3 is 0 Å². The summed E-state index contributed by atoms with van der Waals surface area (Å²) in [5, 5.41) is -7.09. The van der Waals surface area contributed by atoms with E-state index >= 15 is 105 Å². The van der Waals surface area contributed by atoms with E-state index in [9.17, 15) is 0 Å². The number of alkyl halides is 24. The first kappa shape index (κ1) is 53.0. The van der Waals surface area contributed by atoms with E-state index in [1.54, 1.807) is 0 Å². The van der Waals surface area contributed by atoms with Crippen LogP contribution in [0.25, 0.3) is 0 Å². The van der Waals surface area contributed by atoms with Crippen LogP contribution in [0.15, 0.2) is 97.1 Å². The number of benzene rings is 4. The second kappa shape index (κ2) is 14.7. The molecule has 5 nitrogen and oxygen atoms in total. The van der Waals surface area contributed by atoms with Crippen LogP contribution >= 0.6 is 7.06 Å². The molecule has 0 bridgehead atoms. The fourth-order valence-electron chi connectivity index (χ4n) is 10.3. The first-order valence-corrected chi connectivity index (χ1v) is 24.2. The van der Waals surface area contributed by atoms with Gasteiger partial charge in [0.15, 0.2) is 0 Å². The Morgan fingerprint density at radius 2 is 0.648 bits per heavy atom. The molecule has 0 saturated carbocycles. The zero-order chi connectivity index (χ0) is 53.2. The van der Waals surface area contributed by atoms with Crippen molar-refractivity contribution in [3.05, 3.63) is 119 Å². The molecule has 8 rings (SSSR count). The molecule has 4 heterocycles. The Morgan fingerprint density at radius 3 is 0.958 bits per heavy atom. The monoisotopic (exact) mass is 1100 g/mol. The molecule has 0 aliphatic carbocycles.